The number of aromatic nitrogens is 5. The Balaban J connectivity index is 2.38. The lowest BCUT2D eigenvalue weighted by molar-refractivity contribution is 0.623. The molecule has 0 spiro atoms. The van der Waals surface area contributed by atoms with Crippen LogP contribution in [0.25, 0.3) is 5.95 Å². The molecule has 0 amide bonds. The smallest absolute Gasteiger partial charge is 0.257 e. The Morgan fingerprint density at radius 3 is 2.47 bits per heavy atom. The third-order valence-corrected chi connectivity index (χ3v) is 2.15. The normalized spacial score (nSPS) is 11.4. The van der Waals surface area contributed by atoms with Gasteiger partial charge in [0.1, 0.15) is 0 Å². The minimum absolute atomic E-state index is 0.119. The van der Waals surface area contributed by atoms with Crippen LogP contribution < -0.4 is 10.6 Å². The SMILES string of the molecule is CCNc1nc(NC(C)(C)C)nc(-n2cccn2)n1. The van der Waals surface area contributed by atoms with E-state index in [1.807, 2.05) is 13.0 Å². The molecule has 0 aliphatic heterocycles. The number of anilines is 2. The Bertz CT molecular complexity index is 528. The van der Waals surface area contributed by atoms with Crippen LogP contribution >= 0.6 is 0 Å². The van der Waals surface area contributed by atoms with Crippen molar-refractivity contribution in [1.82, 2.24) is 24.7 Å². The monoisotopic (exact) mass is 261 g/mol. The lowest BCUT2D eigenvalue weighted by Crippen LogP contribution is -2.28. The fourth-order valence-corrected chi connectivity index (χ4v) is 1.48. The van der Waals surface area contributed by atoms with E-state index in [9.17, 15) is 0 Å². The first-order valence-corrected chi connectivity index (χ1v) is 6.26. The molecule has 0 atom stereocenters. The van der Waals surface area contributed by atoms with Crippen LogP contribution in [-0.4, -0.2) is 36.8 Å². The van der Waals surface area contributed by atoms with Crippen LogP contribution in [0.2, 0.25) is 0 Å². The van der Waals surface area contributed by atoms with Gasteiger partial charge in [0.2, 0.25) is 11.9 Å². The second-order valence-corrected chi connectivity index (χ2v) is 5.14. The van der Waals surface area contributed by atoms with Crippen LogP contribution in [0.1, 0.15) is 27.7 Å². The molecule has 0 saturated carbocycles. The van der Waals surface area contributed by atoms with Gasteiger partial charge in [-0.25, -0.2) is 4.68 Å². The zero-order valence-corrected chi connectivity index (χ0v) is 11.7. The molecule has 0 bridgehead atoms. The quantitative estimate of drug-likeness (QED) is 0.872. The zero-order valence-electron chi connectivity index (χ0n) is 11.7. The van der Waals surface area contributed by atoms with Crippen LogP contribution in [0, 0.1) is 0 Å². The number of hydrogen-bond donors (Lipinski definition) is 2. The molecule has 0 aliphatic rings. The number of rotatable bonds is 4. The fourth-order valence-electron chi connectivity index (χ4n) is 1.48. The molecular formula is C12H19N7. The molecule has 2 heterocycles. The Morgan fingerprint density at radius 1 is 1.16 bits per heavy atom. The van der Waals surface area contributed by atoms with Crippen molar-refractivity contribution in [3.63, 3.8) is 0 Å². The first kappa shape index (κ1) is 13.3. The van der Waals surface area contributed by atoms with Crippen molar-refractivity contribution in [1.29, 1.82) is 0 Å². The van der Waals surface area contributed by atoms with Crippen molar-refractivity contribution in [2.45, 2.75) is 33.2 Å². The molecule has 2 aromatic heterocycles. The summed E-state index contributed by atoms with van der Waals surface area (Å²) in [5.74, 6) is 1.56. The largest absolute Gasteiger partial charge is 0.354 e. The van der Waals surface area contributed by atoms with E-state index in [1.165, 1.54) is 0 Å². The predicted molar refractivity (Wildman–Crippen MR) is 74.5 cm³/mol. The standard InChI is InChI=1S/C12H19N7/c1-5-13-9-15-10(18-12(2,3)4)17-11(16-9)19-8-6-7-14-19/h6-8H,5H2,1-4H3,(H2,13,15,16,17,18). The van der Waals surface area contributed by atoms with Crippen LogP contribution in [0.4, 0.5) is 11.9 Å². The third kappa shape index (κ3) is 3.64. The van der Waals surface area contributed by atoms with E-state index in [4.69, 9.17) is 0 Å². The predicted octanol–water partition coefficient (Wildman–Crippen LogP) is 1.70. The summed E-state index contributed by atoms with van der Waals surface area (Å²) in [5, 5.41) is 10.5. The van der Waals surface area contributed by atoms with E-state index in [1.54, 1.807) is 17.1 Å². The van der Waals surface area contributed by atoms with Gasteiger partial charge in [0.15, 0.2) is 0 Å². The summed E-state index contributed by atoms with van der Waals surface area (Å²) in [4.78, 5) is 13.0. The van der Waals surface area contributed by atoms with Crippen molar-refractivity contribution in [3.05, 3.63) is 18.5 Å². The lowest BCUT2D eigenvalue weighted by atomic mass is 10.1. The molecule has 0 aliphatic carbocycles. The fraction of sp³-hybridized carbons (Fsp3) is 0.500. The van der Waals surface area contributed by atoms with E-state index >= 15 is 0 Å². The van der Waals surface area contributed by atoms with Gasteiger partial charge in [-0.1, -0.05) is 0 Å². The molecule has 2 aromatic rings. The van der Waals surface area contributed by atoms with E-state index < -0.39 is 0 Å². The zero-order chi connectivity index (χ0) is 13.9. The summed E-state index contributed by atoms with van der Waals surface area (Å²) in [6.45, 7) is 8.90. The highest BCUT2D eigenvalue weighted by Crippen LogP contribution is 2.13. The van der Waals surface area contributed by atoms with E-state index in [-0.39, 0.29) is 5.54 Å². The molecule has 0 radical (unpaired) electrons. The summed E-state index contributed by atoms with van der Waals surface area (Å²) >= 11 is 0. The molecular weight excluding hydrogens is 242 g/mol. The summed E-state index contributed by atoms with van der Waals surface area (Å²) in [6.07, 6.45) is 3.49. The maximum Gasteiger partial charge on any atom is 0.257 e. The first-order valence-electron chi connectivity index (χ1n) is 6.26. The number of nitrogens with zero attached hydrogens (tertiary/aromatic N) is 5. The molecule has 7 heteroatoms. The van der Waals surface area contributed by atoms with Gasteiger partial charge in [0.25, 0.3) is 5.95 Å². The highest BCUT2D eigenvalue weighted by molar-refractivity contribution is 5.39. The summed E-state index contributed by atoms with van der Waals surface area (Å²) in [7, 11) is 0. The number of nitrogens with one attached hydrogen (secondary N) is 2. The third-order valence-electron chi connectivity index (χ3n) is 2.15. The van der Waals surface area contributed by atoms with Gasteiger partial charge in [-0.05, 0) is 33.8 Å². The van der Waals surface area contributed by atoms with Crippen LogP contribution in [0.5, 0.6) is 0 Å². The Morgan fingerprint density at radius 2 is 1.89 bits per heavy atom. The van der Waals surface area contributed by atoms with E-state index in [2.05, 4.69) is 51.5 Å². The van der Waals surface area contributed by atoms with Crippen LogP contribution in [0.15, 0.2) is 18.5 Å². The molecule has 0 fully saturated rings. The highest BCUT2D eigenvalue weighted by atomic mass is 15.4. The van der Waals surface area contributed by atoms with Crippen molar-refractivity contribution < 1.29 is 0 Å². The molecule has 2 N–H and O–H groups in total. The van der Waals surface area contributed by atoms with Gasteiger partial charge < -0.3 is 10.6 Å². The highest BCUT2D eigenvalue weighted by Gasteiger charge is 2.14. The van der Waals surface area contributed by atoms with Crippen molar-refractivity contribution in [2.75, 3.05) is 17.2 Å². The maximum absolute atomic E-state index is 4.37. The molecule has 102 valence electrons. The second kappa shape index (κ2) is 5.21. The molecule has 19 heavy (non-hydrogen) atoms. The lowest BCUT2D eigenvalue weighted by Gasteiger charge is -2.20. The van der Waals surface area contributed by atoms with Crippen LogP contribution in [-0.2, 0) is 0 Å². The molecule has 0 saturated heterocycles. The van der Waals surface area contributed by atoms with Gasteiger partial charge in [-0.3, -0.25) is 0 Å². The Labute approximate surface area is 112 Å². The maximum atomic E-state index is 4.37. The first-order chi connectivity index (χ1) is 8.98. The average molecular weight is 261 g/mol. The second-order valence-electron chi connectivity index (χ2n) is 5.14. The summed E-state index contributed by atoms with van der Waals surface area (Å²) in [5.41, 5.74) is -0.119. The minimum Gasteiger partial charge on any atom is -0.354 e. The molecule has 0 unspecified atom stereocenters. The van der Waals surface area contributed by atoms with Crippen molar-refractivity contribution in [2.24, 2.45) is 0 Å². The van der Waals surface area contributed by atoms with Gasteiger partial charge in [0.05, 0.1) is 0 Å². The van der Waals surface area contributed by atoms with E-state index in [0.29, 0.717) is 17.8 Å². The van der Waals surface area contributed by atoms with Gasteiger partial charge in [-0.15, -0.1) is 0 Å². The van der Waals surface area contributed by atoms with Crippen molar-refractivity contribution >= 4 is 11.9 Å². The number of hydrogen-bond acceptors (Lipinski definition) is 6. The minimum atomic E-state index is -0.119. The Hall–Kier alpha value is -2.18. The van der Waals surface area contributed by atoms with Gasteiger partial charge in [-0.2, -0.15) is 20.1 Å². The Kier molecular flexibility index (Phi) is 3.64. The van der Waals surface area contributed by atoms with Crippen molar-refractivity contribution in [3.8, 4) is 5.95 Å². The van der Waals surface area contributed by atoms with Gasteiger partial charge in [0, 0.05) is 24.5 Å². The van der Waals surface area contributed by atoms with Gasteiger partial charge >= 0.3 is 0 Å². The molecule has 2 rings (SSSR count). The average Bonchev–Trinajstić information content (AvgIpc) is 2.79. The molecule has 7 nitrogen and oxygen atoms in total. The summed E-state index contributed by atoms with van der Waals surface area (Å²) < 4.78 is 1.61. The topological polar surface area (TPSA) is 80.5 Å². The molecule has 0 aromatic carbocycles. The van der Waals surface area contributed by atoms with Crippen LogP contribution in [0.3, 0.4) is 0 Å². The summed E-state index contributed by atoms with van der Waals surface area (Å²) in [6, 6.07) is 1.83. The van der Waals surface area contributed by atoms with E-state index in [0.717, 1.165) is 6.54 Å².